The highest BCUT2D eigenvalue weighted by atomic mass is 16.7. The SMILES string of the molecule is CC/C=C\C/C=C\C/C=C\C/C=C\C/C=C\C/C=C\C/C=C\CCCCCC(=O)OC(COCCCCCCCCC/C=C\C/C=C\C/C=C\C/C=C\C/C=C\C/C=C\CC)COC1OC(COC2OC(CO)C(O)C(O)C2O)C(O)C(O)C1O. The molecule has 7 N–H and O–H groups in total. The smallest absolute Gasteiger partial charge is 0.306 e. The number of aliphatic hydroxyl groups is 7. The number of carbonyl (C=O) groups excluding carboxylic acids is 1. The minimum atomic E-state index is -1.73. The molecule has 0 spiro atoms. The monoisotopic (exact) mass is 1190 g/mol. The maximum absolute atomic E-state index is 13.1. The Hall–Kier alpha value is -4.39. The van der Waals surface area contributed by atoms with Crippen LogP contribution < -0.4 is 0 Å². The average molecular weight is 1190 g/mol. The van der Waals surface area contributed by atoms with E-state index in [1.807, 2.05) is 0 Å². The third-order valence-electron chi connectivity index (χ3n) is 14.0. The molecule has 2 aliphatic heterocycles. The fraction of sp³-hybridized carbons (Fsp3) is 0.620. The van der Waals surface area contributed by atoms with Gasteiger partial charge in [-0.15, -0.1) is 0 Å². The van der Waals surface area contributed by atoms with E-state index in [1.165, 1.54) is 19.3 Å². The van der Waals surface area contributed by atoms with Crippen molar-refractivity contribution >= 4 is 5.97 Å². The van der Waals surface area contributed by atoms with E-state index < -0.39 is 86.7 Å². The third-order valence-corrected chi connectivity index (χ3v) is 14.0. The third kappa shape index (κ3) is 40.7. The molecule has 480 valence electrons. The number of unbranched alkanes of at least 4 members (excludes halogenated alkanes) is 10. The van der Waals surface area contributed by atoms with Crippen LogP contribution in [0.1, 0.15) is 181 Å². The van der Waals surface area contributed by atoms with Crippen molar-refractivity contribution in [1.82, 2.24) is 0 Å². The Labute approximate surface area is 512 Å². The van der Waals surface area contributed by atoms with Gasteiger partial charge in [0, 0.05) is 13.0 Å². The summed E-state index contributed by atoms with van der Waals surface area (Å²) in [4.78, 5) is 13.1. The van der Waals surface area contributed by atoms with Crippen LogP contribution >= 0.6 is 0 Å². The van der Waals surface area contributed by atoms with Crippen molar-refractivity contribution in [2.75, 3.05) is 33.0 Å². The number of hydrogen-bond donors (Lipinski definition) is 7. The molecule has 2 saturated heterocycles. The fourth-order valence-electron chi connectivity index (χ4n) is 8.97. The first-order valence-corrected chi connectivity index (χ1v) is 32.1. The molecule has 0 amide bonds. The van der Waals surface area contributed by atoms with Crippen LogP contribution in [-0.4, -0.2) is 142 Å². The molecular formula is C71H112O14. The van der Waals surface area contributed by atoms with Crippen LogP contribution in [0.3, 0.4) is 0 Å². The van der Waals surface area contributed by atoms with Crippen molar-refractivity contribution in [2.24, 2.45) is 0 Å². The van der Waals surface area contributed by atoms with E-state index in [0.717, 1.165) is 135 Å². The molecule has 0 aliphatic carbocycles. The minimum Gasteiger partial charge on any atom is -0.457 e. The van der Waals surface area contributed by atoms with Gasteiger partial charge in [-0.1, -0.05) is 210 Å². The van der Waals surface area contributed by atoms with Gasteiger partial charge in [-0.2, -0.15) is 0 Å². The zero-order chi connectivity index (χ0) is 61.5. The molecule has 0 bridgehead atoms. The lowest BCUT2D eigenvalue weighted by Gasteiger charge is -2.42. The molecular weight excluding hydrogens is 1080 g/mol. The Morgan fingerprint density at radius 3 is 1.14 bits per heavy atom. The largest absolute Gasteiger partial charge is 0.457 e. The molecule has 0 aromatic carbocycles. The number of esters is 1. The lowest BCUT2D eigenvalue weighted by atomic mass is 9.98. The van der Waals surface area contributed by atoms with E-state index in [2.05, 4.69) is 172 Å². The van der Waals surface area contributed by atoms with Gasteiger partial charge >= 0.3 is 5.97 Å². The highest BCUT2D eigenvalue weighted by Gasteiger charge is 2.47. The maximum atomic E-state index is 13.1. The second kappa shape index (κ2) is 55.0. The normalized spacial score (nSPS) is 24.2. The summed E-state index contributed by atoms with van der Waals surface area (Å²) >= 11 is 0. The van der Waals surface area contributed by atoms with Crippen LogP contribution in [0, 0.1) is 0 Å². The molecule has 2 aliphatic rings. The first-order chi connectivity index (χ1) is 41.6. The maximum Gasteiger partial charge on any atom is 0.306 e. The standard InChI is InChI=1S/C71H112O14/c1-3-5-7-9-11-13-15-17-19-21-23-25-27-29-31-33-35-37-39-41-43-45-47-49-51-53-55-80-57-60(58-81-70-69(79)67(77)65(75)62(85-70)59-82-71-68(78)66(76)64(74)61(56-72)84-71)83-63(73)54-52-50-48-46-44-42-40-38-36-34-32-30-28-26-24-22-20-18-16-14-12-10-8-6-4-2/h5-8,11-14,17-20,23-26,29-32,35-38,42,44,60-62,64-72,74-79H,3-4,9-10,15-16,21-22,27-28,33-34,39-41,43,45-59H2,1-2H3/b7-5-,8-6-,13-11-,14-12-,19-17-,20-18-,25-23-,26-24-,31-29-,32-30-,37-35-,38-36-,44-42-. The number of hydrogen-bond acceptors (Lipinski definition) is 14. The van der Waals surface area contributed by atoms with Crippen LogP contribution in [0.2, 0.25) is 0 Å². The van der Waals surface area contributed by atoms with Gasteiger partial charge < -0.3 is 64.2 Å². The molecule has 2 heterocycles. The summed E-state index contributed by atoms with van der Waals surface area (Å²) in [6.45, 7) is 3.36. The van der Waals surface area contributed by atoms with Gasteiger partial charge in [0.05, 0.1) is 26.4 Å². The second-order valence-electron chi connectivity index (χ2n) is 21.5. The van der Waals surface area contributed by atoms with E-state index in [4.69, 9.17) is 28.4 Å². The molecule has 85 heavy (non-hydrogen) atoms. The zero-order valence-electron chi connectivity index (χ0n) is 51.8. The minimum absolute atomic E-state index is 0.0273. The summed E-state index contributed by atoms with van der Waals surface area (Å²) in [5.74, 6) is -0.419. The van der Waals surface area contributed by atoms with Crippen LogP contribution in [-0.2, 0) is 33.2 Å². The molecule has 2 fully saturated rings. The number of carbonyl (C=O) groups is 1. The fourth-order valence-corrected chi connectivity index (χ4v) is 8.97. The van der Waals surface area contributed by atoms with Crippen molar-refractivity contribution in [3.8, 4) is 0 Å². The number of rotatable bonds is 50. The Kier molecular flexibility index (Phi) is 49.6. The summed E-state index contributed by atoms with van der Waals surface area (Å²) in [6, 6.07) is 0. The van der Waals surface area contributed by atoms with Gasteiger partial charge in [-0.3, -0.25) is 4.79 Å². The highest BCUT2D eigenvalue weighted by Crippen LogP contribution is 2.26. The lowest BCUT2D eigenvalue weighted by molar-refractivity contribution is -0.332. The number of aliphatic hydroxyl groups excluding tert-OH is 7. The average Bonchev–Trinajstić information content (AvgIpc) is 3.68. The predicted octanol–water partition coefficient (Wildman–Crippen LogP) is 13.0. The first kappa shape index (κ1) is 76.7. The molecule has 11 atom stereocenters. The van der Waals surface area contributed by atoms with Crippen molar-refractivity contribution in [1.29, 1.82) is 0 Å². The number of ether oxygens (including phenoxy) is 6. The predicted molar refractivity (Wildman–Crippen MR) is 343 cm³/mol. The van der Waals surface area contributed by atoms with Gasteiger partial charge in [-0.25, -0.2) is 0 Å². The van der Waals surface area contributed by atoms with Gasteiger partial charge in [-0.05, 0) is 122 Å². The molecule has 0 aromatic heterocycles. The van der Waals surface area contributed by atoms with Crippen LogP contribution in [0.5, 0.6) is 0 Å². The topological polar surface area (TPSA) is 214 Å². The second-order valence-corrected chi connectivity index (χ2v) is 21.5. The van der Waals surface area contributed by atoms with Crippen molar-refractivity contribution in [3.63, 3.8) is 0 Å². The highest BCUT2D eigenvalue weighted by molar-refractivity contribution is 5.69. The molecule has 2 rings (SSSR count). The van der Waals surface area contributed by atoms with E-state index in [1.54, 1.807) is 0 Å². The molecule has 0 radical (unpaired) electrons. The van der Waals surface area contributed by atoms with Crippen molar-refractivity contribution in [2.45, 2.75) is 248 Å². The van der Waals surface area contributed by atoms with Crippen LogP contribution in [0.4, 0.5) is 0 Å². The van der Waals surface area contributed by atoms with E-state index in [9.17, 15) is 40.5 Å². The summed E-state index contributed by atoms with van der Waals surface area (Å²) < 4.78 is 34.4. The quantitative estimate of drug-likeness (QED) is 0.0172. The lowest BCUT2D eigenvalue weighted by Crippen LogP contribution is -2.61. The van der Waals surface area contributed by atoms with Gasteiger partial charge in [0.25, 0.3) is 0 Å². The zero-order valence-corrected chi connectivity index (χ0v) is 51.8. The van der Waals surface area contributed by atoms with Crippen molar-refractivity contribution < 1.29 is 69.0 Å². The molecule has 14 nitrogen and oxygen atoms in total. The van der Waals surface area contributed by atoms with E-state index >= 15 is 0 Å². The van der Waals surface area contributed by atoms with Gasteiger partial charge in [0.15, 0.2) is 12.6 Å². The van der Waals surface area contributed by atoms with Gasteiger partial charge in [0.2, 0.25) is 0 Å². The Morgan fingerprint density at radius 2 is 0.729 bits per heavy atom. The van der Waals surface area contributed by atoms with Gasteiger partial charge in [0.1, 0.15) is 54.9 Å². The molecule has 0 aromatic rings. The summed E-state index contributed by atoms with van der Waals surface area (Å²) in [7, 11) is 0. The number of allylic oxidation sites excluding steroid dienone is 26. The van der Waals surface area contributed by atoms with Crippen molar-refractivity contribution in [3.05, 3.63) is 158 Å². The Bertz CT molecular complexity index is 2010. The Morgan fingerprint density at radius 1 is 0.388 bits per heavy atom. The Balaban J connectivity index is 1.72. The van der Waals surface area contributed by atoms with E-state index in [0.29, 0.717) is 13.0 Å². The molecule has 14 heteroatoms. The summed E-state index contributed by atoms with van der Waals surface area (Å²) in [5.41, 5.74) is 0. The van der Waals surface area contributed by atoms with E-state index in [-0.39, 0.29) is 19.6 Å². The molecule has 11 unspecified atom stereocenters. The summed E-state index contributed by atoms with van der Waals surface area (Å²) in [6.07, 6.45) is 65.8. The summed E-state index contributed by atoms with van der Waals surface area (Å²) in [5, 5.41) is 72.5. The van der Waals surface area contributed by atoms with Crippen LogP contribution in [0.15, 0.2) is 158 Å². The van der Waals surface area contributed by atoms with Crippen LogP contribution in [0.25, 0.3) is 0 Å². The first-order valence-electron chi connectivity index (χ1n) is 32.1. The molecule has 0 saturated carbocycles.